The number of amides is 1. The lowest BCUT2D eigenvalue weighted by molar-refractivity contribution is -0.123. The fourth-order valence-corrected chi connectivity index (χ4v) is 3.24. The number of methoxy groups -OCH3 is 1. The minimum Gasteiger partial charge on any atom is -0.497 e. The molecule has 2 heterocycles. The lowest BCUT2D eigenvalue weighted by Crippen LogP contribution is -2.28. The summed E-state index contributed by atoms with van der Waals surface area (Å²) >= 11 is 0. The number of nitrogens with zero attached hydrogens (tertiary/aromatic N) is 3. The molecule has 4 rings (SSSR count). The first-order valence-electron chi connectivity index (χ1n) is 9.75. The first kappa shape index (κ1) is 19.7. The zero-order valence-electron chi connectivity index (χ0n) is 17.8. The second-order valence-corrected chi connectivity index (χ2v) is 8.23. The summed E-state index contributed by atoms with van der Waals surface area (Å²) in [6.07, 6.45) is 0. The molecule has 2 aromatic carbocycles. The molecule has 0 unspecified atom stereocenters. The highest BCUT2D eigenvalue weighted by atomic mass is 16.5. The van der Waals surface area contributed by atoms with Crippen LogP contribution in [0.5, 0.6) is 5.75 Å². The predicted octanol–water partition coefficient (Wildman–Crippen LogP) is 4.87. The van der Waals surface area contributed by atoms with Gasteiger partial charge >= 0.3 is 0 Å². The molecule has 154 valence electrons. The topological polar surface area (TPSA) is 83.1 Å². The van der Waals surface area contributed by atoms with Gasteiger partial charge in [-0.25, -0.2) is 0 Å². The number of nitrogens with one attached hydrogen (secondary N) is 2. The van der Waals surface area contributed by atoms with Crippen LogP contribution in [0.3, 0.4) is 0 Å². The van der Waals surface area contributed by atoms with Gasteiger partial charge in [0.1, 0.15) is 17.2 Å². The Kier molecular flexibility index (Phi) is 4.81. The summed E-state index contributed by atoms with van der Waals surface area (Å²) in [4.78, 5) is 27.2. The summed E-state index contributed by atoms with van der Waals surface area (Å²) in [5, 5.41) is 4.78. The molecule has 0 bridgehead atoms. The van der Waals surface area contributed by atoms with E-state index in [4.69, 9.17) is 9.72 Å². The first-order chi connectivity index (χ1) is 14.3. The molecule has 4 aromatic rings. The predicted molar refractivity (Wildman–Crippen MR) is 121 cm³/mol. The molecule has 0 atom stereocenters. The molecule has 30 heavy (non-hydrogen) atoms. The third-order valence-corrected chi connectivity index (χ3v) is 5.02. The average Bonchev–Trinajstić information content (AvgIpc) is 3.10. The van der Waals surface area contributed by atoms with Crippen molar-refractivity contribution in [3.05, 3.63) is 48.5 Å². The summed E-state index contributed by atoms with van der Waals surface area (Å²) in [6, 6.07) is 15.7. The van der Waals surface area contributed by atoms with Gasteiger partial charge in [0.25, 0.3) is 0 Å². The highest BCUT2D eigenvalue weighted by Gasteiger charge is 2.24. The number of para-hydroxylation sites is 1. The van der Waals surface area contributed by atoms with E-state index in [9.17, 15) is 4.79 Å². The van der Waals surface area contributed by atoms with Gasteiger partial charge in [0.15, 0.2) is 0 Å². The summed E-state index contributed by atoms with van der Waals surface area (Å²) < 4.78 is 5.27. The monoisotopic (exact) mass is 403 g/mol. The normalized spacial score (nSPS) is 11.6. The summed E-state index contributed by atoms with van der Waals surface area (Å²) in [6.45, 7) is 5.57. The van der Waals surface area contributed by atoms with Gasteiger partial charge in [-0.1, -0.05) is 39.0 Å². The molecule has 0 spiro atoms. The quantitative estimate of drug-likeness (QED) is 0.508. The second kappa shape index (κ2) is 7.33. The molecule has 7 nitrogen and oxygen atoms in total. The number of benzene rings is 2. The van der Waals surface area contributed by atoms with Crippen LogP contribution >= 0.6 is 0 Å². The molecule has 2 N–H and O–H groups in total. The summed E-state index contributed by atoms with van der Waals surface area (Å²) in [7, 11) is 3.59. The van der Waals surface area contributed by atoms with Crippen LogP contribution < -0.4 is 15.0 Å². The lowest BCUT2D eigenvalue weighted by Gasteiger charge is -2.21. The van der Waals surface area contributed by atoms with Crippen molar-refractivity contribution >= 4 is 45.3 Å². The SMILES string of the molecule is COc1ccc(N(C)c2nc(NC(=O)C(C)(C)C)nc3[nH]c4ccccc4c23)cc1. The van der Waals surface area contributed by atoms with Crippen LogP contribution in [0.15, 0.2) is 48.5 Å². The van der Waals surface area contributed by atoms with Crippen LogP contribution in [-0.4, -0.2) is 35.0 Å². The number of hydrogen-bond acceptors (Lipinski definition) is 5. The maximum Gasteiger partial charge on any atom is 0.233 e. The van der Waals surface area contributed by atoms with Gasteiger partial charge < -0.3 is 14.6 Å². The van der Waals surface area contributed by atoms with Gasteiger partial charge in [0, 0.05) is 29.1 Å². The Morgan fingerprint density at radius 3 is 2.43 bits per heavy atom. The van der Waals surface area contributed by atoms with Crippen molar-refractivity contribution in [2.45, 2.75) is 20.8 Å². The van der Waals surface area contributed by atoms with Crippen LogP contribution in [0.2, 0.25) is 0 Å². The molecule has 0 fully saturated rings. The zero-order chi connectivity index (χ0) is 21.5. The number of aromatic nitrogens is 3. The van der Waals surface area contributed by atoms with Crippen molar-refractivity contribution in [2.75, 3.05) is 24.4 Å². The summed E-state index contributed by atoms with van der Waals surface area (Å²) in [5.41, 5.74) is 2.02. The van der Waals surface area contributed by atoms with Crippen LogP contribution in [0.1, 0.15) is 20.8 Å². The second-order valence-electron chi connectivity index (χ2n) is 8.23. The van der Waals surface area contributed by atoms with Gasteiger partial charge in [0.2, 0.25) is 11.9 Å². The minimum absolute atomic E-state index is 0.143. The Balaban J connectivity index is 1.88. The van der Waals surface area contributed by atoms with Gasteiger partial charge in [-0.05, 0) is 30.3 Å². The van der Waals surface area contributed by atoms with E-state index in [0.29, 0.717) is 11.5 Å². The van der Waals surface area contributed by atoms with Gasteiger partial charge in [-0.3, -0.25) is 10.1 Å². The van der Waals surface area contributed by atoms with Crippen LogP contribution in [0.25, 0.3) is 21.9 Å². The van der Waals surface area contributed by atoms with Crippen molar-refractivity contribution in [1.29, 1.82) is 0 Å². The minimum atomic E-state index is -0.555. The molecule has 7 heteroatoms. The molecule has 0 saturated heterocycles. The van der Waals surface area contributed by atoms with E-state index in [-0.39, 0.29) is 11.9 Å². The Morgan fingerprint density at radius 2 is 1.77 bits per heavy atom. The number of carbonyl (C=O) groups excluding carboxylic acids is 1. The number of H-pyrrole nitrogens is 1. The Hall–Kier alpha value is -3.61. The maximum atomic E-state index is 12.5. The van der Waals surface area contributed by atoms with Gasteiger partial charge in [0.05, 0.1) is 12.5 Å². The Morgan fingerprint density at radius 1 is 1.07 bits per heavy atom. The number of rotatable bonds is 4. The Bertz CT molecular complexity index is 1220. The standard InChI is InChI=1S/C23H25N5O2/c1-23(2,3)21(29)27-22-25-19-18(16-8-6-7-9-17(16)24-19)20(26-22)28(4)14-10-12-15(30-5)13-11-14/h6-13H,1-5H3,(H2,24,25,26,27,29). The van der Waals surface area contributed by atoms with Gasteiger partial charge in [-0.15, -0.1) is 0 Å². The molecular weight excluding hydrogens is 378 g/mol. The van der Waals surface area contributed by atoms with E-state index in [2.05, 4.69) is 15.3 Å². The highest BCUT2D eigenvalue weighted by molar-refractivity contribution is 6.12. The van der Waals surface area contributed by atoms with E-state index in [0.717, 1.165) is 27.7 Å². The molecule has 0 aliphatic heterocycles. The van der Waals surface area contributed by atoms with E-state index in [1.54, 1.807) is 7.11 Å². The molecular formula is C23H25N5O2. The molecule has 0 saturated carbocycles. The Labute approximate surface area is 175 Å². The van der Waals surface area contributed by atoms with Crippen LogP contribution in [-0.2, 0) is 4.79 Å². The molecule has 0 aliphatic rings. The van der Waals surface area contributed by atoms with E-state index in [1.165, 1.54) is 0 Å². The van der Waals surface area contributed by atoms with E-state index >= 15 is 0 Å². The van der Waals surface area contributed by atoms with Crippen LogP contribution in [0.4, 0.5) is 17.5 Å². The molecule has 1 amide bonds. The smallest absolute Gasteiger partial charge is 0.233 e. The summed E-state index contributed by atoms with van der Waals surface area (Å²) in [5.74, 6) is 1.61. The van der Waals surface area contributed by atoms with E-state index < -0.39 is 5.41 Å². The number of fused-ring (bicyclic) bond motifs is 3. The first-order valence-corrected chi connectivity index (χ1v) is 9.75. The number of carbonyl (C=O) groups is 1. The van der Waals surface area contributed by atoms with Gasteiger partial charge in [-0.2, -0.15) is 9.97 Å². The molecule has 0 aliphatic carbocycles. The van der Waals surface area contributed by atoms with Crippen molar-refractivity contribution in [2.24, 2.45) is 5.41 Å². The fraction of sp³-hybridized carbons (Fsp3) is 0.261. The number of hydrogen-bond donors (Lipinski definition) is 2. The largest absolute Gasteiger partial charge is 0.497 e. The molecule has 0 radical (unpaired) electrons. The zero-order valence-corrected chi connectivity index (χ0v) is 17.8. The highest BCUT2D eigenvalue weighted by Crippen LogP contribution is 2.35. The molecule has 2 aromatic heterocycles. The van der Waals surface area contributed by atoms with E-state index in [1.807, 2.05) is 81.2 Å². The number of anilines is 3. The van der Waals surface area contributed by atoms with Crippen molar-refractivity contribution in [3.8, 4) is 5.75 Å². The average molecular weight is 403 g/mol. The lowest BCUT2D eigenvalue weighted by atomic mass is 9.96. The van der Waals surface area contributed by atoms with Crippen molar-refractivity contribution in [3.63, 3.8) is 0 Å². The maximum absolute atomic E-state index is 12.5. The van der Waals surface area contributed by atoms with Crippen LogP contribution in [0, 0.1) is 5.41 Å². The fourth-order valence-electron chi connectivity index (χ4n) is 3.24. The number of ether oxygens (including phenoxy) is 1. The van der Waals surface area contributed by atoms with Crippen molar-refractivity contribution in [1.82, 2.24) is 15.0 Å². The third-order valence-electron chi connectivity index (χ3n) is 5.02. The number of aromatic amines is 1. The third kappa shape index (κ3) is 3.54. The van der Waals surface area contributed by atoms with Crippen molar-refractivity contribution < 1.29 is 9.53 Å².